The van der Waals surface area contributed by atoms with Gasteiger partial charge in [0.2, 0.25) is 0 Å². The molecule has 2 aromatic rings. The number of halogens is 2. The molecule has 1 aliphatic heterocycles. The van der Waals surface area contributed by atoms with Crippen LogP contribution in [-0.2, 0) is 7.05 Å². The van der Waals surface area contributed by atoms with Crippen molar-refractivity contribution < 1.29 is 19.4 Å². The SMILES string of the molecule is CC[C@H](NC1CCCC1(C)O)C1(O)CN(C(=O)c2nn(C)c(=O)cc2Nc2ccc(Br)cc2F)C1. The van der Waals surface area contributed by atoms with Crippen molar-refractivity contribution in [3.63, 3.8) is 0 Å². The summed E-state index contributed by atoms with van der Waals surface area (Å²) in [4.78, 5) is 27.0. The summed E-state index contributed by atoms with van der Waals surface area (Å²) in [6.45, 7) is 3.90. The third kappa shape index (κ3) is 5.13. The van der Waals surface area contributed by atoms with Gasteiger partial charge in [-0.25, -0.2) is 9.07 Å². The molecule has 0 radical (unpaired) electrons. The van der Waals surface area contributed by atoms with E-state index in [1.807, 2.05) is 6.92 Å². The van der Waals surface area contributed by atoms with Gasteiger partial charge < -0.3 is 25.7 Å². The number of amides is 1. The molecule has 1 aromatic carbocycles. The van der Waals surface area contributed by atoms with Gasteiger partial charge in [0.25, 0.3) is 11.5 Å². The number of carbonyl (C=O) groups excluding carboxylic acids is 1. The number of benzene rings is 1. The lowest BCUT2D eigenvalue weighted by atomic mass is 9.83. The molecule has 2 heterocycles. The minimum absolute atomic E-state index is 0.0452. The Labute approximate surface area is 211 Å². The minimum atomic E-state index is -1.16. The summed E-state index contributed by atoms with van der Waals surface area (Å²) >= 11 is 3.20. The van der Waals surface area contributed by atoms with Gasteiger partial charge in [0.05, 0.1) is 30.1 Å². The summed E-state index contributed by atoms with van der Waals surface area (Å²) in [6, 6.07) is 5.17. The molecule has 11 heteroatoms. The number of hydrogen-bond acceptors (Lipinski definition) is 7. The van der Waals surface area contributed by atoms with E-state index in [-0.39, 0.29) is 42.2 Å². The van der Waals surface area contributed by atoms with Gasteiger partial charge in [-0.15, -0.1) is 0 Å². The Morgan fingerprint density at radius 3 is 2.63 bits per heavy atom. The Kier molecular flexibility index (Phi) is 7.07. The molecule has 4 N–H and O–H groups in total. The second-order valence-electron chi connectivity index (χ2n) is 9.81. The highest BCUT2D eigenvalue weighted by Gasteiger charge is 2.51. The van der Waals surface area contributed by atoms with Crippen LogP contribution in [0.15, 0.2) is 33.5 Å². The lowest BCUT2D eigenvalue weighted by Crippen LogP contribution is -2.72. The number of nitrogens with one attached hydrogen (secondary N) is 2. The molecule has 0 bridgehead atoms. The molecular formula is C24H31BrFN5O4. The van der Waals surface area contributed by atoms with Gasteiger partial charge in [-0.2, -0.15) is 5.10 Å². The number of likely N-dealkylation sites (tertiary alicyclic amines) is 1. The molecule has 1 aliphatic carbocycles. The first-order chi connectivity index (χ1) is 16.4. The van der Waals surface area contributed by atoms with Gasteiger partial charge >= 0.3 is 0 Å². The lowest BCUT2D eigenvalue weighted by Gasteiger charge is -2.51. The van der Waals surface area contributed by atoms with E-state index in [0.29, 0.717) is 17.3 Å². The van der Waals surface area contributed by atoms with Crippen molar-refractivity contribution in [3.05, 3.63) is 50.6 Å². The van der Waals surface area contributed by atoms with Gasteiger partial charge in [0, 0.05) is 29.7 Å². The highest BCUT2D eigenvalue weighted by molar-refractivity contribution is 9.10. The van der Waals surface area contributed by atoms with E-state index in [0.717, 1.165) is 17.5 Å². The fourth-order valence-corrected chi connectivity index (χ4v) is 5.30. The van der Waals surface area contributed by atoms with Crippen molar-refractivity contribution in [3.8, 4) is 0 Å². The Bertz CT molecular complexity index is 1180. The third-order valence-electron chi connectivity index (χ3n) is 7.10. The number of hydrogen-bond donors (Lipinski definition) is 4. The van der Waals surface area contributed by atoms with Crippen LogP contribution in [0.1, 0.15) is 50.0 Å². The standard InChI is InChI=1S/C24H31BrFN5O4/c1-4-18(28-19-6-5-9-23(19,2)34)24(35)12-31(13-24)22(33)21-17(11-20(32)30(3)29-21)27-16-8-7-14(25)10-15(16)26/h7-8,10-11,18-19,27-28,34-35H,4-6,9,12-13H2,1-3H3/t18-,19?,23?/m0/s1. The Hall–Kier alpha value is -2.34. The minimum Gasteiger partial charge on any atom is -0.389 e. The van der Waals surface area contributed by atoms with Gasteiger partial charge in [-0.05, 0) is 50.8 Å². The average Bonchev–Trinajstić information content (AvgIpc) is 3.11. The van der Waals surface area contributed by atoms with Gasteiger partial charge in [-0.1, -0.05) is 22.9 Å². The predicted octanol–water partition coefficient (Wildman–Crippen LogP) is 2.28. The van der Waals surface area contributed by atoms with Crippen LogP contribution in [0.4, 0.5) is 15.8 Å². The fraction of sp³-hybridized carbons (Fsp3) is 0.542. The maximum absolute atomic E-state index is 14.4. The highest BCUT2D eigenvalue weighted by Crippen LogP contribution is 2.34. The second kappa shape index (κ2) is 9.61. The molecule has 1 saturated carbocycles. The first-order valence-electron chi connectivity index (χ1n) is 11.7. The number of anilines is 2. The number of rotatable bonds is 7. The quantitative estimate of drug-likeness (QED) is 0.416. The highest BCUT2D eigenvalue weighted by atomic mass is 79.9. The van der Waals surface area contributed by atoms with Crippen LogP contribution in [0.2, 0.25) is 0 Å². The maximum Gasteiger partial charge on any atom is 0.276 e. The van der Waals surface area contributed by atoms with Crippen LogP contribution in [0.3, 0.4) is 0 Å². The van der Waals surface area contributed by atoms with Crippen LogP contribution in [-0.4, -0.2) is 67.2 Å². The molecule has 4 rings (SSSR count). The molecule has 1 saturated heterocycles. The van der Waals surface area contributed by atoms with Crippen molar-refractivity contribution in [1.29, 1.82) is 0 Å². The summed E-state index contributed by atoms with van der Waals surface area (Å²) in [5.74, 6) is -1.04. The smallest absolute Gasteiger partial charge is 0.276 e. The third-order valence-corrected chi connectivity index (χ3v) is 7.59. The Morgan fingerprint density at radius 1 is 1.31 bits per heavy atom. The summed E-state index contributed by atoms with van der Waals surface area (Å²) < 4.78 is 16.0. The zero-order valence-corrected chi connectivity index (χ0v) is 21.6. The number of aromatic nitrogens is 2. The van der Waals surface area contributed by atoms with Crippen molar-refractivity contribution in [2.75, 3.05) is 18.4 Å². The van der Waals surface area contributed by atoms with E-state index in [1.165, 1.54) is 30.1 Å². The zero-order valence-electron chi connectivity index (χ0n) is 20.0. The largest absolute Gasteiger partial charge is 0.389 e. The van der Waals surface area contributed by atoms with Crippen LogP contribution in [0.5, 0.6) is 0 Å². The van der Waals surface area contributed by atoms with Crippen LogP contribution in [0.25, 0.3) is 0 Å². The summed E-state index contributed by atoms with van der Waals surface area (Å²) in [7, 11) is 1.43. The molecule has 0 spiro atoms. The number of carbonyl (C=O) groups is 1. The maximum atomic E-state index is 14.4. The lowest BCUT2D eigenvalue weighted by molar-refractivity contribution is -0.111. The van der Waals surface area contributed by atoms with E-state index in [4.69, 9.17) is 0 Å². The molecule has 2 fully saturated rings. The molecule has 35 heavy (non-hydrogen) atoms. The fourth-order valence-electron chi connectivity index (χ4n) is 4.96. The molecule has 1 aromatic heterocycles. The van der Waals surface area contributed by atoms with Crippen LogP contribution < -0.4 is 16.2 Å². The second-order valence-corrected chi connectivity index (χ2v) is 10.7. The molecular weight excluding hydrogens is 521 g/mol. The normalized spacial score (nSPS) is 24.2. The van der Waals surface area contributed by atoms with Gasteiger partial charge in [0.15, 0.2) is 5.69 Å². The van der Waals surface area contributed by atoms with Gasteiger partial charge in [-0.3, -0.25) is 9.59 Å². The number of aryl methyl sites for hydroxylation is 1. The first-order valence-corrected chi connectivity index (χ1v) is 12.5. The number of aliphatic hydroxyl groups is 2. The summed E-state index contributed by atoms with van der Waals surface area (Å²) in [6.07, 6.45) is 3.07. The van der Waals surface area contributed by atoms with Crippen LogP contribution in [0, 0.1) is 5.82 Å². The van der Waals surface area contributed by atoms with Crippen molar-refractivity contribution in [2.45, 2.75) is 62.8 Å². The summed E-state index contributed by atoms with van der Waals surface area (Å²) in [5.41, 5.74) is -2.31. The van der Waals surface area contributed by atoms with Crippen LogP contribution >= 0.6 is 15.9 Å². The topological polar surface area (TPSA) is 120 Å². The predicted molar refractivity (Wildman–Crippen MR) is 133 cm³/mol. The average molecular weight is 552 g/mol. The molecule has 3 atom stereocenters. The molecule has 1 amide bonds. The number of β-amino-alcohol motifs (C(OH)–C–C–N with tert-alkyl or cyclic N) is 1. The molecule has 2 unspecified atom stereocenters. The van der Waals surface area contributed by atoms with Crippen molar-refractivity contribution >= 4 is 33.2 Å². The molecule has 9 nitrogen and oxygen atoms in total. The summed E-state index contributed by atoms with van der Waals surface area (Å²) in [5, 5.41) is 32.2. The number of nitrogens with zero attached hydrogens (tertiary/aromatic N) is 3. The monoisotopic (exact) mass is 551 g/mol. The Morgan fingerprint density at radius 2 is 2.03 bits per heavy atom. The van der Waals surface area contributed by atoms with E-state index in [2.05, 4.69) is 31.7 Å². The zero-order chi connectivity index (χ0) is 25.5. The van der Waals surface area contributed by atoms with E-state index < -0.39 is 28.5 Å². The van der Waals surface area contributed by atoms with Crippen molar-refractivity contribution in [1.82, 2.24) is 20.0 Å². The van der Waals surface area contributed by atoms with E-state index in [1.54, 1.807) is 13.0 Å². The Balaban J connectivity index is 1.52. The van der Waals surface area contributed by atoms with E-state index in [9.17, 15) is 24.2 Å². The van der Waals surface area contributed by atoms with E-state index >= 15 is 0 Å². The molecule has 190 valence electrons. The van der Waals surface area contributed by atoms with Crippen molar-refractivity contribution in [2.24, 2.45) is 7.05 Å². The molecule has 2 aliphatic rings. The first kappa shape index (κ1) is 25.7. The van der Waals surface area contributed by atoms with Gasteiger partial charge in [0.1, 0.15) is 11.4 Å².